The van der Waals surface area contributed by atoms with Crippen LogP contribution in [0.5, 0.6) is 5.75 Å². The van der Waals surface area contributed by atoms with Gasteiger partial charge in [-0.2, -0.15) is 8.42 Å². The molecule has 0 aliphatic rings. The minimum Gasteiger partial charge on any atom is -0.482 e. The smallest absolute Gasteiger partial charge is 0.294 e. The standard InChI is InChI=1S/C7H7BrO4S/c8-5-12-6-2-1-3-7(4-6)13(9,10)11/h1-4H,5H2,(H,9,10,11). The van der Waals surface area contributed by atoms with Gasteiger partial charge < -0.3 is 4.74 Å². The van der Waals surface area contributed by atoms with Gasteiger partial charge in [-0.3, -0.25) is 4.55 Å². The SMILES string of the molecule is O=S(=O)(O)c1cccc(OCBr)c1. The molecule has 1 rings (SSSR count). The van der Waals surface area contributed by atoms with E-state index >= 15 is 0 Å². The number of hydrogen-bond donors (Lipinski definition) is 1. The molecule has 0 aliphatic heterocycles. The molecule has 0 aromatic heterocycles. The summed E-state index contributed by atoms with van der Waals surface area (Å²) in [5.74, 6) is 0.381. The van der Waals surface area contributed by atoms with Crippen LogP contribution in [0.3, 0.4) is 0 Å². The summed E-state index contributed by atoms with van der Waals surface area (Å²) in [4.78, 5) is -0.175. The average molecular weight is 267 g/mol. The molecule has 1 N–H and O–H groups in total. The van der Waals surface area contributed by atoms with Gasteiger partial charge in [0.25, 0.3) is 10.1 Å². The molecule has 0 atom stereocenters. The van der Waals surface area contributed by atoms with E-state index in [1.807, 2.05) is 0 Å². The average Bonchev–Trinajstić information content (AvgIpc) is 2.04. The Morgan fingerprint density at radius 1 is 1.46 bits per heavy atom. The fourth-order valence-corrected chi connectivity index (χ4v) is 1.57. The van der Waals surface area contributed by atoms with Crippen LogP contribution in [-0.2, 0) is 10.1 Å². The minimum atomic E-state index is -4.14. The zero-order valence-corrected chi connectivity index (χ0v) is 8.88. The minimum absolute atomic E-state index is 0.175. The van der Waals surface area contributed by atoms with Crippen LogP contribution in [0.15, 0.2) is 29.2 Å². The summed E-state index contributed by atoms with van der Waals surface area (Å²) in [5.41, 5.74) is 0.266. The third kappa shape index (κ3) is 2.98. The summed E-state index contributed by atoms with van der Waals surface area (Å²) in [6.07, 6.45) is 0. The molecule has 0 unspecified atom stereocenters. The second-order valence-electron chi connectivity index (χ2n) is 2.20. The Hall–Kier alpha value is -0.590. The number of ether oxygens (including phenoxy) is 1. The monoisotopic (exact) mass is 266 g/mol. The van der Waals surface area contributed by atoms with E-state index in [-0.39, 0.29) is 10.4 Å². The summed E-state index contributed by atoms with van der Waals surface area (Å²) in [6.45, 7) is 0. The van der Waals surface area contributed by atoms with E-state index < -0.39 is 10.1 Å². The molecule has 0 aliphatic carbocycles. The van der Waals surface area contributed by atoms with E-state index in [2.05, 4.69) is 15.9 Å². The van der Waals surface area contributed by atoms with Crippen LogP contribution in [0.25, 0.3) is 0 Å². The van der Waals surface area contributed by atoms with Crippen LogP contribution < -0.4 is 4.74 Å². The third-order valence-electron chi connectivity index (χ3n) is 1.32. The highest BCUT2D eigenvalue weighted by Gasteiger charge is 2.09. The molecule has 0 amide bonds. The Morgan fingerprint density at radius 2 is 2.15 bits per heavy atom. The molecule has 72 valence electrons. The summed E-state index contributed by atoms with van der Waals surface area (Å²) in [5, 5.41) is 0. The molecule has 4 nitrogen and oxygen atoms in total. The highest BCUT2D eigenvalue weighted by molar-refractivity contribution is 9.09. The van der Waals surface area contributed by atoms with E-state index in [9.17, 15) is 8.42 Å². The lowest BCUT2D eigenvalue weighted by atomic mass is 10.3. The van der Waals surface area contributed by atoms with Crippen LogP contribution in [0.4, 0.5) is 0 Å². The number of halogens is 1. The lowest BCUT2D eigenvalue weighted by Crippen LogP contribution is -1.98. The van der Waals surface area contributed by atoms with Crippen LogP contribution >= 0.6 is 15.9 Å². The van der Waals surface area contributed by atoms with Crippen molar-refractivity contribution in [3.63, 3.8) is 0 Å². The van der Waals surface area contributed by atoms with Gasteiger partial charge in [-0.05, 0) is 28.1 Å². The molecule has 0 bridgehead atoms. The van der Waals surface area contributed by atoms with Gasteiger partial charge in [0.05, 0.1) is 4.90 Å². The normalized spacial score (nSPS) is 11.2. The number of benzene rings is 1. The Morgan fingerprint density at radius 3 is 2.69 bits per heavy atom. The lowest BCUT2D eigenvalue weighted by molar-refractivity contribution is 0.396. The largest absolute Gasteiger partial charge is 0.482 e. The molecule has 0 saturated heterocycles. The molecule has 0 radical (unpaired) electrons. The van der Waals surface area contributed by atoms with Gasteiger partial charge in [-0.15, -0.1) is 0 Å². The third-order valence-corrected chi connectivity index (χ3v) is 2.40. The van der Waals surface area contributed by atoms with Crippen molar-refractivity contribution in [1.29, 1.82) is 0 Å². The van der Waals surface area contributed by atoms with Crippen molar-refractivity contribution >= 4 is 26.0 Å². The van der Waals surface area contributed by atoms with Gasteiger partial charge in [0.15, 0.2) is 0 Å². The Bertz CT molecular complexity index is 387. The molecule has 6 heteroatoms. The number of alkyl halides is 1. The van der Waals surface area contributed by atoms with E-state index in [1.165, 1.54) is 18.2 Å². The summed E-state index contributed by atoms with van der Waals surface area (Å²) in [7, 11) is -4.14. The van der Waals surface area contributed by atoms with Crippen LogP contribution in [0, 0.1) is 0 Å². The van der Waals surface area contributed by atoms with Crippen molar-refractivity contribution in [2.24, 2.45) is 0 Å². The zero-order chi connectivity index (χ0) is 9.90. The van der Waals surface area contributed by atoms with Crippen molar-refractivity contribution in [1.82, 2.24) is 0 Å². The Kier molecular flexibility index (Phi) is 3.29. The van der Waals surface area contributed by atoms with E-state index in [0.29, 0.717) is 5.75 Å². The molecule has 0 saturated carbocycles. The van der Waals surface area contributed by atoms with Crippen molar-refractivity contribution in [2.45, 2.75) is 4.90 Å². The van der Waals surface area contributed by atoms with E-state index in [1.54, 1.807) is 6.07 Å². The maximum Gasteiger partial charge on any atom is 0.294 e. The highest BCUT2D eigenvalue weighted by atomic mass is 79.9. The van der Waals surface area contributed by atoms with E-state index in [0.717, 1.165) is 0 Å². The first-order valence-electron chi connectivity index (χ1n) is 3.30. The van der Waals surface area contributed by atoms with E-state index in [4.69, 9.17) is 9.29 Å². The van der Waals surface area contributed by atoms with Gasteiger partial charge in [0, 0.05) is 6.07 Å². The van der Waals surface area contributed by atoms with Gasteiger partial charge in [-0.1, -0.05) is 6.07 Å². The maximum absolute atomic E-state index is 10.7. The quantitative estimate of drug-likeness (QED) is 0.668. The molecule has 0 heterocycles. The molecule has 0 fully saturated rings. The second kappa shape index (κ2) is 4.08. The number of rotatable bonds is 3. The van der Waals surface area contributed by atoms with Crippen molar-refractivity contribution in [3.05, 3.63) is 24.3 Å². The van der Waals surface area contributed by atoms with Crippen molar-refractivity contribution in [3.8, 4) is 5.75 Å². The summed E-state index contributed by atoms with van der Waals surface area (Å²) >= 11 is 3.03. The fraction of sp³-hybridized carbons (Fsp3) is 0.143. The molecule has 1 aromatic rings. The number of hydrogen-bond acceptors (Lipinski definition) is 3. The van der Waals surface area contributed by atoms with Gasteiger partial charge in [-0.25, -0.2) is 0 Å². The Balaban J connectivity index is 3.06. The fourth-order valence-electron chi connectivity index (χ4n) is 0.787. The molecule has 0 spiro atoms. The predicted molar refractivity (Wildman–Crippen MR) is 50.7 cm³/mol. The van der Waals surface area contributed by atoms with Gasteiger partial charge in [0.2, 0.25) is 0 Å². The van der Waals surface area contributed by atoms with Crippen molar-refractivity contribution in [2.75, 3.05) is 5.52 Å². The maximum atomic E-state index is 10.7. The first-order valence-corrected chi connectivity index (χ1v) is 5.86. The van der Waals surface area contributed by atoms with Gasteiger partial charge in [0.1, 0.15) is 11.3 Å². The van der Waals surface area contributed by atoms with Crippen LogP contribution in [0.2, 0.25) is 0 Å². The topological polar surface area (TPSA) is 63.6 Å². The predicted octanol–water partition coefficient (Wildman–Crippen LogP) is 1.66. The Labute approximate surface area is 84.4 Å². The first-order chi connectivity index (χ1) is 6.04. The molecule has 13 heavy (non-hydrogen) atoms. The van der Waals surface area contributed by atoms with Crippen LogP contribution in [-0.4, -0.2) is 18.5 Å². The first kappa shape index (κ1) is 10.5. The van der Waals surface area contributed by atoms with Crippen molar-refractivity contribution < 1.29 is 17.7 Å². The summed E-state index contributed by atoms with van der Waals surface area (Å²) in [6, 6.07) is 5.62. The highest BCUT2D eigenvalue weighted by Crippen LogP contribution is 2.17. The molecular formula is C7H7BrO4S. The summed E-state index contributed by atoms with van der Waals surface area (Å²) < 4.78 is 35.0. The second-order valence-corrected chi connectivity index (χ2v) is 4.08. The molecular weight excluding hydrogens is 260 g/mol. The van der Waals surface area contributed by atoms with Crippen LogP contribution in [0.1, 0.15) is 0 Å². The lowest BCUT2D eigenvalue weighted by Gasteiger charge is -2.02. The van der Waals surface area contributed by atoms with Gasteiger partial charge >= 0.3 is 0 Å². The zero-order valence-electron chi connectivity index (χ0n) is 6.47. The molecule has 1 aromatic carbocycles.